The molecule has 22 heavy (non-hydrogen) atoms. The average Bonchev–Trinajstić information content (AvgIpc) is 2.96. The second-order valence-corrected chi connectivity index (χ2v) is 6.46. The Morgan fingerprint density at radius 2 is 1.95 bits per heavy atom. The highest BCUT2D eigenvalue weighted by molar-refractivity contribution is 7.16. The number of methoxy groups -OCH3 is 1. The van der Waals surface area contributed by atoms with E-state index in [2.05, 4.69) is 21.7 Å². The highest BCUT2D eigenvalue weighted by atomic mass is 35.5. The van der Waals surface area contributed by atoms with Crippen LogP contribution in [0.1, 0.15) is 10.4 Å². The maximum atomic E-state index is 5.92. The third-order valence-corrected chi connectivity index (χ3v) is 4.43. The molecule has 2 rings (SSSR count). The zero-order valence-corrected chi connectivity index (χ0v) is 14.3. The average molecular weight is 338 g/mol. The summed E-state index contributed by atoms with van der Waals surface area (Å²) in [5.74, 6) is 1.65. The van der Waals surface area contributed by atoms with Crippen LogP contribution in [-0.2, 0) is 13.0 Å². The van der Waals surface area contributed by atoms with Gasteiger partial charge in [0.2, 0.25) is 0 Å². The van der Waals surface area contributed by atoms with Crippen LogP contribution in [0.15, 0.2) is 41.4 Å². The number of guanidine groups is 1. The minimum Gasteiger partial charge on any atom is -0.497 e. The van der Waals surface area contributed by atoms with Gasteiger partial charge in [-0.25, -0.2) is 0 Å². The smallest absolute Gasteiger partial charge is 0.191 e. The number of halogens is 1. The Morgan fingerprint density at radius 3 is 2.55 bits per heavy atom. The van der Waals surface area contributed by atoms with Gasteiger partial charge < -0.3 is 15.4 Å². The molecule has 2 N–H and O–H groups in total. The van der Waals surface area contributed by atoms with E-state index in [1.54, 1.807) is 25.5 Å². The topological polar surface area (TPSA) is 45.7 Å². The van der Waals surface area contributed by atoms with Crippen LogP contribution in [0.2, 0.25) is 4.34 Å². The predicted molar refractivity (Wildman–Crippen MR) is 94.2 cm³/mol. The lowest BCUT2D eigenvalue weighted by Crippen LogP contribution is -2.37. The van der Waals surface area contributed by atoms with E-state index in [4.69, 9.17) is 16.3 Å². The molecule has 0 amide bonds. The Morgan fingerprint density at radius 1 is 1.18 bits per heavy atom. The summed E-state index contributed by atoms with van der Waals surface area (Å²) in [4.78, 5) is 5.49. The summed E-state index contributed by atoms with van der Waals surface area (Å²) in [6, 6.07) is 12.0. The number of thiophene rings is 1. The Labute approximate surface area is 140 Å². The Hall–Kier alpha value is -1.72. The number of nitrogens with zero attached hydrogens (tertiary/aromatic N) is 1. The molecule has 1 aromatic heterocycles. The SMILES string of the molecule is CN=C(NCCc1ccc(Cl)s1)NCc1ccc(OC)cc1. The van der Waals surface area contributed by atoms with Gasteiger partial charge in [-0.3, -0.25) is 4.99 Å². The quantitative estimate of drug-likeness (QED) is 0.628. The molecule has 1 aromatic carbocycles. The van der Waals surface area contributed by atoms with Gasteiger partial charge in [0.25, 0.3) is 0 Å². The number of ether oxygens (including phenoxy) is 1. The van der Waals surface area contributed by atoms with Crippen LogP contribution in [0.4, 0.5) is 0 Å². The van der Waals surface area contributed by atoms with Gasteiger partial charge in [0.1, 0.15) is 5.75 Å². The molecule has 0 radical (unpaired) electrons. The van der Waals surface area contributed by atoms with Gasteiger partial charge in [0, 0.05) is 25.0 Å². The first kappa shape index (κ1) is 16.6. The van der Waals surface area contributed by atoms with Gasteiger partial charge in [0.05, 0.1) is 11.4 Å². The first-order chi connectivity index (χ1) is 10.7. The maximum absolute atomic E-state index is 5.92. The van der Waals surface area contributed by atoms with E-state index < -0.39 is 0 Å². The number of aliphatic imine (C=N–C) groups is 1. The number of hydrogen-bond acceptors (Lipinski definition) is 3. The number of nitrogens with one attached hydrogen (secondary N) is 2. The maximum Gasteiger partial charge on any atom is 0.191 e. The van der Waals surface area contributed by atoms with Gasteiger partial charge in [-0.05, 0) is 36.2 Å². The number of hydrogen-bond donors (Lipinski definition) is 2. The van der Waals surface area contributed by atoms with Crippen LogP contribution in [0.3, 0.4) is 0 Å². The lowest BCUT2D eigenvalue weighted by Gasteiger charge is -2.11. The molecule has 1 heterocycles. The molecule has 0 bridgehead atoms. The Bertz CT molecular complexity index is 610. The first-order valence-electron chi connectivity index (χ1n) is 7.03. The van der Waals surface area contributed by atoms with Crippen molar-refractivity contribution < 1.29 is 4.74 Å². The van der Waals surface area contributed by atoms with E-state index in [0.717, 1.165) is 29.0 Å². The standard InChI is InChI=1S/C16H20ClN3OS/c1-18-16(19-10-9-14-7-8-15(17)22-14)20-11-12-3-5-13(21-2)6-4-12/h3-8H,9-11H2,1-2H3,(H2,18,19,20). The fourth-order valence-electron chi connectivity index (χ4n) is 1.94. The minimum absolute atomic E-state index is 0.717. The molecule has 6 heteroatoms. The highest BCUT2D eigenvalue weighted by Crippen LogP contribution is 2.21. The van der Waals surface area contributed by atoms with Crippen molar-refractivity contribution >= 4 is 28.9 Å². The van der Waals surface area contributed by atoms with Crippen LogP contribution < -0.4 is 15.4 Å². The van der Waals surface area contributed by atoms with Gasteiger partial charge in [-0.15, -0.1) is 11.3 Å². The summed E-state index contributed by atoms with van der Waals surface area (Å²) in [7, 11) is 3.44. The third kappa shape index (κ3) is 5.24. The number of rotatable bonds is 6. The summed E-state index contributed by atoms with van der Waals surface area (Å²) in [6.45, 7) is 1.54. The molecule has 118 valence electrons. The van der Waals surface area contributed by atoms with Crippen molar-refractivity contribution in [3.8, 4) is 5.75 Å². The van der Waals surface area contributed by atoms with Crippen molar-refractivity contribution in [1.82, 2.24) is 10.6 Å². The molecular weight excluding hydrogens is 318 g/mol. The van der Waals surface area contributed by atoms with Gasteiger partial charge in [0.15, 0.2) is 5.96 Å². The lowest BCUT2D eigenvalue weighted by atomic mass is 10.2. The van der Waals surface area contributed by atoms with Crippen molar-refractivity contribution in [2.45, 2.75) is 13.0 Å². The van der Waals surface area contributed by atoms with Crippen LogP contribution in [0, 0.1) is 0 Å². The number of benzene rings is 1. The van der Waals surface area contributed by atoms with E-state index in [9.17, 15) is 0 Å². The summed E-state index contributed by atoms with van der Waals surface area (Å²) in [5, 5.41) is 6.59. The minimum atomic E-state index is 0.717. The molecule has 0 aliphatic carbocycles. The molecule has 2 aromatic rings. The third-order valence-electron chi connectivity index (χ3n) is 3.14. The summed E-state index contributed by atoms with van der Waals surface area (Å²) >= 11 is 7.54. The molecule has 0 fully saturated rings. The molecule has 4 nitrogen and oxygen atoms in total. The van der Waals surface area contributed by atoms with Crippen molar-refractivity contribution in [3.05, 3.63) is 51.2 Å². The molecule has 0 spiro atoms. The summed E-state index contributed by atoms with van der Waals surface area (Å²) in [5.41, 5.74) is 1.17. The van der Waals surface area contributed by atoms with Crippen LogP contribution in [0.5, 0.6) is 5.75 Å². The van der Waals surface area contributed by atoms with E-state index in [0.29, 0.717) is 6.54 Å². The molecule has 0 aliphatic heterocycles. The van der Waals surface area contributed by atoms with Crippen LogP contribution in [0.25, 0.3) is 0 Å². The van der Waals surface area contributed by atoms with Gasteiger partial charge >= 0.3 is 0 Å². The fraction of sp³-hybridized carbons (Fsp3) is 0.312. The van der Waals surface area contributed by atoms with E-state index in [1.165, 1.54) is 10.4 Å². The van der Waals surface area contributed by atoms with Crippen molar-refractivity contribution in [2.24, 2.45) is 4.99 Å². The van der Waals surface area contributed by atoms with Gasteiger partial charge in [-0.2, -0.15) is 0 Å². The molecule has 0 aliphatic rings. The largest absolute Gasteiger partial charge is 0.497 e. The van der Waals surface area contributed by atoms with Crippen LogP contribution in [-0.4, -0.2) is 26.7 Å². The molecule has 0 saturated carbocycles. The Kier molecular flexibility index (Phi) is 6.55. The summed E-state index contributed by atoms with van der Waals surface area (Å²) in [6.07, 6.45) is 0.931. The van der Waals surface area contributed by atoms with E-state index in [1.807, 2.05) is 30.3 Å². The highest BCUT2D eigenvalue weighted by Gasteiger charge is 2.01. The lowest BCUT2D eigenvalue weighted by molar-refractivity contribution is 0.414. The molecular formula is C16H20ClN3OS. The van der Waals surface area contributed by atoms with E-state index in [-0.39, 0.29) is 0 Å². The fourth-order valence-corrected chi connectivity index (χ4v) is 3.03. The normalized spacial score (nSPS) is 11.3. The van der Waals surface area contributed by atoms with Gasteiger partial charge in [-0.1, -0.05) is 23.7 Å². The monoisotopic (exact) mass is 337 g/mol. The summed E-state index contributed by atoms with van der Waals surface area (Å²) < 4.78 is 5.98. The van der Waals surface area contributed by atoms with Crippen molar-refractivity contribution in [3.63, 3.8) is 0 Å². The molecule has 0 atom stereocenters. The second kappa shape index (κ2) is 8.66. The van der Waals surface area contributed by atoms with Crippen molar-refractivity contribution in [1.29, 1.82) is 0 Å². The second-order valence-electron chi connectivity index (χ2n) is 4.66. The molecule has 0 saturated heterocycles. The van der Waals surface area contributed by atoms with Crippen molar-refractivity contribution in [2.75, 3.05) is 20.7 Å². The van der Waals surface area contributed by atoms with E-state index >= 15 is 0 Å². The molecule has 0 unspecified atom stereocenters. The predicted octanol–water partition coefficient (Wildman–Crippen LogP) is 3.32. The zero-order chi connectivity index (χ0) is 15.8. The first-order valence-corrected chi connectivity index (χ1v) is 8.22. The van der Waals surface area contributed by atoms with Crippen LogP contribution >= 0.6 is 22.9 Å². The zero-order valence-electron chi connectivity index (χ0n) is 12.7. The Balaban J connectivity index is 1.74.